The Morgan fingerprint density at radius 2 is 1.89 bits per heavy atom. The third kappa shape index (κ3) is 7.74. The first-order chi connectivity index (χ1) is 21.5. The van der Waals surface area contributed by atoms with Gasteiger partial charge in [-0.05, 0) is 55.1 Å². The zero-order valence-electron chi connectivity index (χ0n) is 24.5. The molecule has 0 bridgehead atoms. The van der Waals surface area contributed by atoms with E-state index in [0.29, 0.717) is 18.7 Å². The normalized spacial score (nSPS) is 17.1. The van der Waals surface area contributed by atoms with Gasteiger partial charge in [0, 0.05) is 69.6 Å². The van der Waals surface area contributed by atoms with Crippen LogP contribution in [0.2, 0.25) is 5.02 Å². The van der Waals surface area contributed by atoms with Gasteiger partial charge in [-0.3, -0.25) is 20.1 Å². The Hall–Kier alpha value is -4.59. The SMILES string of the molecule is CN/C=C1\C(=N)N=C(c2cccnc2)N=C1Oc1ccc(Cl)c(C(=O)Nc2ccc(CN3CCN(C)CC3)c(C(F)(F)F)c2)c1. The van der Waals surface area contributed by atoms with Crippen molar-refractivity contribution in [2.24, 2.45) is 9.98 Å². The molecule has 14 heteroatoms. The van der Waals surface area contributed by atoms with Crippen LogP contribution in [0.4, 0.5) is 18.9 Å². The molecule has 0 atom stereocenters. The molecule has 1 fully saturated rings. The minimum absolute atomic E-state index is 0.0292. The van der Waals surface area contributed by atoms with E-state index in [0.717, 1.165) is 19.2 Å². The fraction of sp³-hybridized carbons (Fsp3) is 0.258. The molecule has 1 saturated heterocycles. The Morgan fingerprint density at radius 1 is 1.11 bits per heavy atom. The summed E-state index contributed by atoms with van der Waals surface area (Å²) in [5.41, 5.74) is 0.0831. The Labute approximate surface area is 262 Å². The standard InChI is InChI=1S/C31H30ClF3N8O2/c1-37-17-24-27(36)40-28(19-4-3-9-38-16-19)41-30(24)45-22-7-8-26(32)23(15-22)29(44)39-21-6-5-20(25(14-21)31(33,34)35)18-43-12-10-42(2)11-13-43/h3-9,14-17,36-37H,10-13,18H2,1-2H3,(H,39,44)/b24-17+,36-27?. The van der Waals surface area contributed by atoms with Crippen molar-refractivity contribution in [2.75, 3.05) is 45.6 Å². The molecule has 0 radical (unpaired) electrons. The highest BCUT2D eigenvalue weighted by atomic mass is 35.5. The van der Waals surface area contributed by atoms with Gasteiger partial charge in [0.1, 0.15) is 5.75 Å². The average molecular weight is 639 g/mol. The topological polar surface area (TPSA) is 118 Å². The van der Waals surface area contributed by atoms with Crippen molar-refractivity contribution < 1.29 is 22.7 Å². The fourth-order valence-electron chi connectivity index (χ4n) is 4.78. The van der Waals surface area contributed by atoms with E-state index in [1.165, 1.54) is 36.5 Å². The van der Waals surface area contributed by atoms with Gasteiger partial charge < -0.3 is 20.3 Å². The number of amides is 1. The summed E-state index contributed by atoms with van der Waals surface area (Å²) in [5.74, 6) is -0.449. The number of aliphatic imine (C=N–C) groups is 2. The summed E-state index contributed by atoms with van der Waals surface area (Å²) in [6.45, 7) is 3.05. The molecule has 0 spiro atoms. The van der Waals surface area contributed by atoms with Crippen LogP contribution in [0.3, 0.4) is 0 Å². The van der Waals surface area contributed by atoms with E-state index in [4.69, 9.17) is 21.7 Å². The lowest BCUT2D eigenvalue weighted by atomic mass is 10.0. The van der Waals surface area contributed by atoms with Gasteiger partial charge in [-0.2, -0.15) is 18.2 Å². The molecular weight excluding hydrogens is 609 g/mol. The zero-order valence-corrected chi connectivity index (χ0v) is 25.2. The predicted molar refractivity (Wildman–Crippen MR) is 167 cm³/mol. The molecule has 5 rings (SSSR count). The number of likely N-dealkylation sites (N-methyl/N-ethyl adjacent to an activating group) is 1. The Morgan fingerprint density at radius 3 is 2.58 bits per heavy atom. The Bertz CT molecular complexity index is 1680. The molecule has 234 valence electrons. The summed E-state index contributed by atoms with van der Waals surface area (Å²) in [6, 6.07) is 11.5. The first kappa shape index (κ1) is 31.8. The van der Waals surface area contributed by atoms with Crippen LogP contribution in [0.15, 0.2) is 82.7 Å². The number of amidine groups is 2. The van der Waals surface area contributed by atoms with Gasteiger partial charge in [-0.25, -0.2) is 4.99 Å². The summed E-state index contributed by atoms with van der Waals surface area (Å²) < 4.78 is 48.2. The molecule has 2 aliphatic heterocycles. The summed E-state index contributed by atoms with van der Waals surface area (Å²) >= 11 is 6.34. The molecule has 3 heterocycles. The van der Waals surface area contributed by atoms with Gasteiger partial charge in [0.15, 0.2) is 11.7 Å². The number of alkyl halides is 3. The minimum Gasteiger partial charge on any atom is -0.438 e. The highest BCUT2D eigenvalue weighted by Crippen LogP contribution is 2.35. The van der Waals surface area contributed by atoms with E-state index in [1.807, 2.05) is 11.9 Å². The number of ether oxygens (including phenoxy) is 1. The van der Waals surface area contributed by atoms with Gasteiger partial charge >= 0.3 is 6.18 Å². The van der Waals surface area contributed by atoms with Crippen molar-refractivity contribution >= 4 is 40.8 Å². The van der Waals surface area contributed by atoms with Crippen LogP contribution in [-0.4, -0.2) is 78.5 Å². The molecule has 0 unspecified atom stereocenters. The number of hydrogen-bond donors (Lipinski definition) is 3. The van der Waals surface area contributed by atoms with E-state index < -0.39 is 17.6 Å². The van der Waals surface area contributed by atoms with Gasteiger partial charge in [0.05, 0.1) is 21.7 Å². The van der Waals surface area contributed by atoms with Gasteiger partial charge in [0.2, 0.25) is 5.90 Å². The van der Waals surface area contributed by atoms with Crippen molar-refractivity contribution in [1.82, 2.24) is 20.1 Å². The second-order valence-electron chi connectivity index (χ2n) is 10.4. The lowest BCUT2D eigenvalue weighted by Gasteiger charge is -2.33. The number of carbonyl (C=O) groups excluding carboxylic acids is 1. The van der Waals surface area contributed by atoms with E-state index >= 15 is 0 Å². The summed E-state index contributed by atoms with van der Waals surface area (Å²) in [7, 11) is 3.62. The quantitative estimate of drug-likeness (QED) is 0.333. The van der Waals surface area contributed by atoms with E-state index in [-0.39, 0.29) is 57.3 Å². The largest absolute Gasteiger partial charge is 0.438 e. The number of rotatable bonds is 7. The zero-order chi connectivity index (χ0) is 32.1. The third-order valence-corrected chi connectivity index (χ3v) is 7.51. The van der Waals surface area contributed by atoms with Crippen molar-refractivity contribution in [3.05, 3.63) is 100.0 Å². The molecule has 1 amide bonds. The average Bonchev–Trinajstić information content (AvgIpc) is 3.01. The molecule has 0 saturated carbocycles. The summed E-state index contributed by atoms with van der Waals surface area (Å²) in [5, 5.41) is 13.8. The van der Waals surface area contributed by atoms with Gasteiger partial charge in [-0.15, -0.1) is 0 Å². The highest BCUT2D eigenvalue weighted by Gasteiger charge is 2.34. The van der Waals surface area contributed by atoms with Crippen LogP contribution in [0, 0.1) is 5.41 Å². The molecule has 1 aromatic heterocycles. The predicted octanol–water partition coefficient (Wildman–Crippen LogP) is 5.07. The second-order valence-corrected chi connectivity index (χ2v) is 10.8. The molecule has 0 aliphatic carbocycles. The molecule has 45 heavy (non-hydrogen) atoms. The number of hydrogen-bond acceptors (Lipinski definition) is 8. The van der Waals surface area contributed by atoms with Crippen molar-refractivity contribution in [1.29, 1.82) is 5.41 Å². The first-order valence-corrected chi connectivity index (χ1v) is 14.3. The van der Waals surface area contributed by atoms with Crippen molar-refractivity contribution in [3.8, 4) is 5.75 Å². The molecule has 3 aromatic rings. The maximum atomic E-state index is 14.1. The maximum absolute atomic E-state index is 14.1. The number of anilines is 1. The van der Waals surface area contributed by atoms with E-state index in [1.54, 1.807) is 31.6 Å². The monoisotopic (exact) mass is 638 g/mol. The fourth-order valence-corrected chi connectivity index (χ4v) is 4.98. The number of carbonyl (C=O) groups is 1. The number of nitrogens with zero attached hydrogens (tertiary/aromatic N) is 5. The number of piperazine rings is 1. The Kier molecular flexibility index (Phi) is 9.61. The van der Waals surface area contributed by atoms with Crippen LogP contribution in [-0.2, 0) is 12.7 Å². The number of nitrogens with one attached hydrogen (secondary N) is 3. The van der Waals surface area contributed by atoms with Crippen LogP contribution in [0.1, 0.15) is 27.0 Å². The number of benzene rings is 2. The highest BCUT2D eigenvalue weighted by molar-refractivity contribution is 6.34. The van der Waals surface area contributed by atoms with Crippen LogP contribution in [0.25, 0.3) is 0 Å². The van der Waals surface area contributed by atoms with Crippen LogP contribution < -0.4 is 15.4 Å². The number of pyridine rings is 1. The van der Waals surface area contributed by atoms with Gasteiger partial charge in [-0.1, -0.05) is 17.7 Å². The van der Waals surface area contributed by atoms with Crippen LogP contribution in [0.5, 0.6) is 5.75 Å². The van der Waals surface area contributed by atoms with Crippen molar-refractivity contribution in [3.63, 3.8) is 0 Å². The smallest absolute Gasteiger partial charge is 0.416 e. The van der Waals surface area contributed by atoms with E-state index in [2.05, 4.69) is 30.5 Å². The molecular formula is C31H30ClF3N8O2. The first-order valence-electron chi connectivity index (χ1n) is 14.0. The lowest BCUT2D eigenvalue weighted by Crippen LogP contribution is -2.44. The minimum atomic E-state index is -4.61. The molecule has 10 nitrogen and oxygen atoms in total. The maximum Gasteiger partial charge on any atom is 0.416 e. The summed E-state index contributed by atoms with van der Waals surface area (Å²) in [6.07, 6.45) is 0.0334. The lowest BCUT2D eigenvalue weighted by molar-refractivity contribution is -0.138. The second kappa shape index (κ2) is 13.6. The molecule has 2 aromatic carbocycles. The number of halogens is 4. The molecule has 3 N–H and O–H groups in total. The van der Waals surface area contributed by atoms with Gasteiger partial charge in [0.25, 0.3) is 5.91 Å². The summed E-state index contributed by atoms with van der Waals surface area (Å²) in [4.78, 5) is 30.1. The third-order valence-electron chi connectivity index (χ3n) is 7.18. The van der Waals surface area contributed by atoms with E-state index in [9.17, 15) is 18.0 Å². The van der Waals surface area contributed by atoms with Crippen LogP contribution >= 0.6 is 11.6 Å². The Balaban J connectivity index is 1.37. The number of aromatic nitrogens is 1. The van der Waals surface area contributed by atoms with Crippen molar-refractivity contribution in [2.45, 2.75) is 12.7 Å². The molecule has 2 aliphatic rings.